The molecule has 0 spiro atoms. The van der Waals surface area contributed by atoms with Gasteiger partial charge in [-0.25, -0.2) is 0 Å². The largest absolute Gasteiger partial charge is 0.822 e. The molecule has 12 rings (SSSR count). The number of aryl methyl sites for hydroxylation is 9. The van der Waals surface area contributed by atoms with Crippen LogP contribution in [0, 0.1) is 62.3 Å². The molecule has 0 N–H and O–H groups in total. The molecule has 0 amide bonds. The van der Waals surface area contributed by atoms with E-state index >= 15 is 0 Å². The van der Waals surface area contributed by atoms with E-state index < -0.39 is 29.6 Å². The Morgan fingerprint density at radius 2 is 0.315 bits per heavy atom. The lowest BCUT2D eigenvalue weighted by Gasteiger charge is -2.36. The van der Waals surface area contributed by atoms with Crippen LogP contribution in [-0.4, -0.2) is 0 Å². The Kier molecular flexibility index (Phi) is 23.5. The summed E-state index contributed by atoms with van der Waals surface area (Å²) in [4.78, 5) is 25.6. The van der Waals surface area contributed by atoms with Gasteiger partial charge in [-0.05, 0) is 184 Å². The molecule has 0 saturated heterocycles. The van der Waals surface area contributed by atoms with Gasteiger partial charge in [-0.15, -0.1) is 0 Å². The van der Waals surface area contributed by atoms with E-state index in [0.29, 0.717) is 0 Å². The van der Waals surface area contributed by atoms with Crippen LogP contribution in [0.2, 0.25) is 0 Å². The summed E-state index contributed by atoms with van der Waals surface area (Å²) in [5, 5.41) is 13.4. The molecule has 0 heterocycles. The molecule has 8 heteroatoms. The molecule has 0 fully saturated rings. The molecule has 92 heavy (non-hydrogen) atoms. The van der Waals surface area contributed by atoms with Crippen LogP contribution in [0.15, 0.2) is 309 Å². The minimum Gasteiger partial charge on any atom is -0.822 e. The zero-order valence-electron chi connectivity index (χ0n) is 54.5. The van der Waals surface area contributed by atoms with E-state index in [2.05, 4.69) is 372 Å². The highest BCUT2D eigenvalue weighted by Crippen LogP contribution is 2.62. The van der Waals surface area contributed by atoms with E-state index in [1.165, 1.54) is 115 Å². The first-order valence-electron chi connectivity index (χ1n) is 31.4. The summed E-state index contributed by atoms with van der Waals surface area (Å²) in [6.07, 6.45) is 3.11. The Bertz CT molecular complexity index is 3630. The van der Waals surface area contributed by atoms with Crippen molar-refractivity contribution in [1.82, 2.24) is 0 Å². The van der Waals surface area contributed by atoms with Gasteiger partial charge < -0.3 is 19.2 Å². The maximum absolute atomic E-state index is 8.55. The van der Waals surface area contributed by atoms with Crippen LogP contribution in [0.1, 0.15) is 66.8 Å². The fourth-order valence-electron chi connectivity index (χ4n) is 13.4. The quantitative estimate of drug-likeness (QED) is 0.0957. The van der Waals surface area contributed by atoms with Crippen LogP contribution >= 0.6 is 29.6 Å². The zero-order valence-corrected chi connectivity index (χ0v) is 58.1. The maximum atomic E-state index is 8.55. The summed E-state index contributed by atoms with van der Waals surface area (Å²) in [6.45, 7) is 20.4. The van der Waals surface area contributed by atoms with Gasteiger partial charge in [0, 0.05) is 0 Å². The number of rotatable bonds is 15. The second-order valence-electron chi connectivity index (χ2n) is 23.9. The van der Waals surface area contributed by atoms with Crippen LogP contribution in [0.4, 0.5) is 0 Å². The minimum atomic E-state index is -5.39. The Morgan fingerprint density at radius 3 is 0.435 bits per heavy atom. The summed E-state index contributed by atoms with van der Waals surface area (Å²) in [6, 6.07) is 114. The molecule has 0 aliphatic heterocycles. The second kappa shape index (κ2) is 31.6. The van der Waals surface area contributed by atoms with Crippen molar-refractivity contribution in [3.05, 3.63) is 376 Å². The smallest absolute Gasteiger partial charge is 0.117 e. The lowest BCUT2D eigenvalue weighted by Crippen LogP contribution is -2.36. The molecular formula is C84H84O4P4. The van der Waals surface area contributed by atoms with Crippen molar-refractivity contribution >= 4 is 77.4 Å². The molecule has 0 saturated carbocycles. The van der Waals surface area contributed by atoms with Crippen molar-refractivity contribution < 1.29 is 19.2 Å². The fourth-order valence-corrected chi connectivity index (χ4v) is 28.7. The van der Waals surface area contributed by atoms with E-state index in [4.69, 9.17) is 19.2 Å². The third kappa shape index (κ3) is 15.9. The highest BCUT2D eigenvalue weighted by atomic mass is 31.2. The van der Waals surface area contributed by atoms with Crippen LogP contribution in [0.3, 0.4) is 0 Å². The van der Waals surface area contributed by atoms with Crippen molar-refractivity contribution in [2.75, 3.05) is 0 Å². The number of hydrogen-bond acceptors (Lipinski definition) is 4. The number of phosphoric acid groups is 1. The predicted molar refractivity (Wildman–Crippen MR) is 396 cm³/mol. The van der Waals surface area contributed by atoms with Crippen LogP contribution in [-0.2, 0) is 23.1 Å². The average Bonchev–Trinajstić information content (AvgIpc) is 0.759. The Hall–Kier alpha value is -7.96. The van der Waals surface area contributed by atoms with Crippen LogP contribution < -0.4 is 62.4 Å². The van der Waals surface area contributed by atoms with Gasteiger partial charge in [0.1, 0.15) is 69.5 Å². The summed E-state index contributed by atoms with van der Waals surface area (Å²) in [5.74, 6) is 0. The van der Waals surface area contributed by atoms with Crippen molar-refractivity contribution in [2.24, 2.45) is 0 Å². The highest BCUT2D eigenvalue weighted by Gasteiger charge is 2.51. The van der Waals surface area contributed by atoms with Gasteiger partial charge in [0.15, 0.2) is 0 Å². The van der Waals surface area contributed by atoms with E-state index in [1.54, 1.807) is 0 Å². The van der Waals surface area contributed by atoms with E-state index in [9.17, 15) is 0 Å². The van der Waals surface area contributed by atoms with Gasteiger partial charge in [0.05, 0.1) is 18.5 Å². The molecule has 0 aromatic heterocycles. The number of hydrogen-bond donors (Lipinski definition) is 0. The lowest BCUT2D eigenvalue weighted by molar-refractivity contribution is -0.432. The Morgan fingerprint density at radius 1 is 0.207 bits per heavy atom. The van der Waals surface area contributed by atoms with E-state index in [0.717, 1.165) is 18.5 Å². The fraction of sp³-hybridized carbons (Fsp3) is 0.143. The molecule has 0 bridgehead atoms. The SMILES string of the molecule is Cc1ccccc1[P+](Cc1ccccc1)(c1ccccc1C)c1ccccc1C.Cc1ccccc1[P+](Cc1ccccc1)(c1ccccc1C)c1ccccc1C.Cc1ccccc1[P+](Cc1ccccc1)(c1ccccc1C)c1ccccc1C.O=P([O-])([O-])[O-]. The predicted octanol–water partition coefficient (Wildman–Crippen LogP) is 15.5. The molecule has 0 unspecified atom stereocenters. The molecular weight excluding hydrogens is 1200 g/mol. The van der Waals surface area contributed by atoms with Crippen molar-refractivity contribution in [3.8, 4) is 0 Å². The molecule has 0 aliphatic rings. The van der Waals surface area contributed by atoms with E-state index in [1.807, 2.05) is 0 Å². The lowest BCUT2D eigenvalue weighted by atomic mass is 10.2. The highest BCUT2D eigenvalue weighted by molar-refractivity contribution is 7.96. The summed E-state index contributed by atoms with van der Waals surface area (Å²) < 4.78 is 8.55. The molecule has 0 atom stereocenters. The Labute approximate surface area is 550 Å². The van der Waals surface area contributed by atoms with Gasteiger partial charge in [0.25, 0.3) is 0 Å². The molecule has 12 aromatic rings. The maximum Gasteiger partial charge on any atom is 0.117 e. The summed E-state index contributed by atoms with van der Waals surface area (Å²) in [7, 11) is -11.1. The first-order chi connectivity index (χ1) is 44.4. The van der Waals surface area contributed by atoms with Gasteiger partial charge in [-0.2, -0.15) is 7.82 Å². The van der Waals surface area contributed by atoms with Crippen molar-refractivity contribution in [1.29, 1.82) is 0 Å². The summed E-state index contributed by atoms with van der Waals surface area (Å²) >= 11 is 0. The first-order valence-corrected chi connectivity index (χ1v) is 38.8. The third-order valence-electron chi connectivity index (χ3n) is 17.5. The standard InChI is InChI=1S/3C28H28P.H3O4P/c3*1-22-13-7-10-18-26(22)29(21-25-16-5-4-6-17-25,27-19-11-8-14-23(27)2)28-20-12-9-15-24(28)3;1-5(2,3)4/h3*4-20H,21H2,1-3H3;(H3,1,2,3,4)/q3*+1;/p-3. The molecule has 4 nitrogen and oxygen atoms in total. The van der Waals surface area contributed by atoms with Crippen LogP contribution in [0.5, 0.6) is 0 Å². The summed E-state index contributed by atoms with van der Waals surface area (Å²) in [5.41, 5.74) is 16.6. The minimum absolute atomic E-state index is 1.04. The third-order valence-corrected chi connectivity index (χ3v) is 32.0. The number of benzene rings is 12. The monoisotopic (exact) mass is 1280 g/mol. The normalized spacial score (nSPS) is 11.4. The van der Waals surface area contributed by atoms with Gasteiger partial charge in [-0.1, -0.05) is 255 Å². The van der Waals surface area contributed by atoms with Crippen molar-refractivity contribution in [2.45, 2.75) is 80.8 Å². The molecule has 0 aliphatic carbocycles. The topological polar surface area (TPSA) is 86.2 Å². The average molecular weight is 1280 g/mol. The van der Waals surface area contributed by atoms with Gasteiger partial charge >= 0.3 is 0 Å². The molecule has 0 radical (unpaired) electrons. The van der Waals surface area contributed by atoms with Crippen LogP contribution in [0.25, 0.3) is 0 Å². The van der Waals surface area contributed by atoms with E-state index in [-0.39, 0.29) is 0 Å². The van der Waals surface area contributed by atoms with Gasteiger partial charge in [0.2, 0.25) is 0 Å². The zero-order chi connectivity index (χ0) is 65.3. The second-order valence-corrected chi connectivity index (χ2v) is 34.9. The Balaban J connectivity index is 0.000000157. The molecule has 12 aromatic carbocycles. The first kappa shape index (κ1) is 68.4. The van der Waals surface area contributed by atoms with Crippen molar-refractivity contribution in [3.63, 3.8) is 0 Å². The van der Waals surface area contributed by atoms with Gasteiger partial charge in [-0.3, -0.25) is 0 Å². The molecule has 464 valence electrons.